The van der Waals surface area contributed by atoms with E-state index in [-0.39, 0.29) is 29.5 Å². The number of nitrogens with zero attached hydrogens (tertiary/aromatic N) is 2. The standard InChI is InChI=1S/C8H16N2.ClH.Fe/c1-3-4-5-10-7-6-9(2)8-10;;/h6-7H,3-5,8H2,1-2H3;1H;. The van der Waals surface area contributed by atoms with E-state index < -0.39 is 0 Å². The Bertz CT molecular complexity index is 130. The molecular formula is C8H17ClFeN2. The molecule has 12 heavy (non-hydrogen) atoms. The molecule has 0 amide bonds. The first-order chi connectivity index (χ1) is 4.83. The van der Waals surface area contributed by atoms with E-state index in [4.69, 9.17) is 0 Å². The van der Waals surface area contributed by atoms with Crippen LogP contribution in [0.4, 0.5) is 0 Å². The summed E-state index contributed by atoms with van der Waals surface area (Å²) >= 11 is 0. The van der Waals surface area contributed by atoms with Gasteiger partial charge in [-0.25, -0.2) is 0 Å². The molecule has 1 heterocycles. The van der Waals surface area contributed by atoms with Crippen molar-refractivity contribution in [1.29, 1.82) is 0 Å². The zero-order valence-corrected chi connectivity index (χ0v) is 9.56. The van der Waals surface area contributed by atoms with Crippen molar-refractivity contribution in [2.24, 2.45) is 0 Å². The van der Waals surface area contributed by atoms with E-state index in [9.17, 15) is 0 Å². The molecule has 0 aliphatic carbocycles. The van der Waals surface area contributed by atoms with Crippen molar-refractivity contribution >= 4 is 12.4 Å². The minimum Gasteiger partial charge on any atom is -0.362 e. The summed E-state index contributed by atoms with van der Waals surface area (Å²) in [7, 11) is 2.10. The van der Waals surface area contributed by atoms with Crippen LogP contribution in [0.5, 0.6) is 0 Å². The summed E-state index contributed by atoms with van der Waals surface area (Å²) in [4.78, 5) is 4.53. The summed E-state index contributed by atoms with van der Waals surface area (Å²) in [6.07, 6.45) is 6.87. The normalized spacial score (nSPS) is 14.2. The summed E-state index contributed by atoms with van der Waals surface area (Å²) in [5.41, 5.74) is 0. The SMILES string of the molecule is CCCCN1C=CN(C)C1.Cl.[Fe]. The largest absolute Gasteiger partial charge is 0.362 e. The molecule has 0 fully saturated rings. The van der Waals surface area contributed by atoms with E-state index in [1.807, 2.05) is 0 Å². The van der Waals surface area contributed by atoms with Gasteiger partial charge in [0.05, 0.1) is 6.67 Å². The van der Waals surface area contributed by atoms with Gasteiger partial charge in [0.2, 0.25) is 0 Å². The van der Waals surface area contributed by atoms with E-state index in [0.717, 1.165) is 6.67 Å². The second kappa shape index (κ2) is 7.78. The van der Waals surface area contributed by atoms with Crippen LogP contribution in [0.25, 0.3) is 0 Å². The third-order valence-electron chi connectivity index (χ3n) is 1.74. The van der Waals surface area contributed by atoms with Gasteiger partial charge in [-0.1, -0.05) is 13.3 Å². The van der Waals surface area contributed by atoms with Gasteiger partial charge in [0.25, 0.3) is 0 Å². The van der Waals surface area contributed by atoms with E-state index in [1.165, 1.54) is 19.4 Å². The molecule has 0 aromatic rings. The van der Waals surface area contributed by atoms with Gasteiger partial charge in [-0.05, 0) is 6.42 Å². The third kappa shape index (κ3) is 4.91. The number of hydrogen-bond acceptors (Lipinski definition) is 2. The van der Waals surface area contributed by atoms with Crippen LogP contribution >= 0.6 is 12.4 Å². The molecule has 4 heteroatoms. The van der Waals surface area contributed by atoms with Crippen molar-refractivity contribution in [3.63, 3.8) is 0 Å². The van der Waals surface area contributed by atoms with E-state index in [2.05, 4.69) is 36.2 Å². The van der Waals surface area contributed by atoms with Crippen molar-refractivity contribution in [3.8, 4) is 0 Å². The van der Waals surface area contributed by atoms with Crippen LogP contribution in [0.1, 0.15) is 19.8 Å². The van der Waals surface area contributed by atoms with Gasteiger partial charge in [0.15, 0.2) is 0 Å². The quantitative estimate of drug-likeness (QED) is 0.686. The smallest absolute Gasteiger partial charge is 0.0890 e. The van der Waals surface area contributed by atoms with Gasteiger partial charge in [-0.2, -0.15) is 0 Å². The van der Waals surface area contributed by atoms with Crippen molar-refractivity contribution in [3.05, 3.63) is 12.4 Å². The van der Waals surface area contributed by atoms with Gasteiger partial charge in [-0.15, -0.1) is 12.4 Å². The first-order valence-corrected chi connectivity index (χ1v) is 3.95. The monoisotopic (exact) mass is 232 g/mol. The average molecular weight is 233 g/mol. The summed E-state index contributed by atoms with van der Waals surface area (Å²) in [6, 6.07) is 0. The molecular weight excluding hydrogens is 215 g/mol. The fraction of sp³-hybridized carbons (Fsp3) is 0.750. The van der Waals surface area contributed by atoms with Crippen molar-refractivity contribution in [1.82, 2.24) is 9.80 Å². The van der Waals surface area contributed by atoms with E-state index in [1.54, 1.807) is 0 Å². The van der Waals surface area contributed by atoms with E-state index >= 15 is 0 Å². The van der Waals surface area contributed by atoms with Gasteiger partial charge in [0, 0.05) is 43.1 Å². The third-order valence-corrected chi connectivity index (χ3v) is 1.74. The second-order valence-corrected chi connectivity index (χ2v) is 2.86. The zero-order chi connectivity index (χ0) is 7.40. The summed E-state index contributed by atoms with van der Waals surface area (Å²) < 4.78 is 0. The Hall–Kier alpha value is 0.149. The predicted molar refractivity (Wildman–Crippen MR) is 50.6 cm³/mol. The number of hydrogen-bond donors (Lipinski definition) is 0. The zero-order valence-electron chi connectivity index (χ0n) is 7.64. The van der Waals surface area contributed by atoms with Crippen molar-refractivity contribution < 1.29 is 17.1 Å². The maximum absolute atomic E-state index is 2.34. The Morgan fingerprint density at radius 2 is 2.00 bits per heavy atom. The van der Waals surface area contributed by atoms with Crippen molar-refractivity contribution in [2.75, 3.05) is 20.3 Å². The molecule has 74 valence electrons. The topological polar surface area (TPSA) is 6.48 Å². The molecule has 0 radical (unpaired) electrons. The maximum Gasteiger partial charge on any atom is 0.0890 e. The Labute approximate surface area is 91.9 Å². The van der Waals surface area contributed by atoms with Crippen LogP contribution in [0.15, 0.2) is 12.4 Å². The molecule has 2 nitrogen and oxygen atoms in total. The molecule has 0 saturated carbocycles. The van der Waals surface area contributed by atoms with Gasteiger partial charge >= 0.3 is 0 Å². The molecule has 0 N–H and O–H groups in total. The molecule has 1 rings (SSSR count). The van der Waals surface area contributed by atoms with Gasteiger partial charge < -0.3 is 9.80 Å². The molecule has 0 bridgehead atoms. The van der Waals surface area contributed by atoms with Gasteiger partial charge in [0.1, 0.15) is 0 Å². The summed E-state index contributed by atoms with van der Waals surface area (Å²) in [6.45, 7) is 4.50. The number of rotatable bonds is 3. The molecule has 0 atom stereocenters. The minimum atomic E-state index is 0. The first-order valence-electron chi connectivity index (χ1n) is 3.95. The van der Waals surface area contributed by atoms with Crippen LogP contribution in [0.3, 0.4) is 0 Å². The molecule has 0 saturated heterocycles. The Balaban J connectivity index is 0. The van der Waals surface area contributed by atoms with Crippen LogP contribution in [-0.4, -0.2) is 30.1 Å². The van der Waals surface area contributed by atoms with Gasteiger partial charge in [-0.3, -0.25) is 0 Å². The summed E-state index contributed by atoms with van der Waals surface area (Å²) in [5, 5.41) is 0. The maximum atomic E-state index is 2.34. The molecule has 1 aliphatic heterocycles. The van der Waals surface area contributed by atoms with Crippen LogP contribution in [0.2, 0.25) is 0 Å². The minimum absolute atomic E-state index is 0. The first kappa shape index (κ1) is 14.7. The second-order valence-electron chi connectivity index (χ2n) is 2.86. The van der Waals surface area contributed by atoms with E-state index in [0.29, 0.717) is 0 Å². The van der Waals surface area contributed by atoms with Crippen LogP contribution < -0.4 is 0 Å². The van der Waals surface area contributed by atoms with Crippen LogP contribution in [0, 0.1) is 0 Å². The van der Waals surface area contributed by atoms with Crippen molar-refractivity contribution in [2.45, 2.75) is 19.8 Å². The fourth-order valence-corrected chi connectivity index (χ4v) is 1.10. The number of halogens is 1. The Morgan fingerprint density at radius 1 is 1.33 bits per heavy atom. The Kier molecular flexibility index (Phi) is 9.51. The molecule has 1 aliphatic rings. The molecule has 0 aromatic heterocycles. The Morgan fingerprint density at radius 3 is 2.42 bits per heavy atom. The summed E-state index contributed by atoms with van der Waals surface area (Å²) in [5.74, 6) is 0. The average Bonchev–Trinajstić information content (AvgIpc) is 2.31. The number of unbranched alkanes of at least 4 members (excludes halogenated alkanes) is 1. The molecule has 0 aromatic carbocycles. The fourth-order valence-electron chi connectivity index (χ4n) is 1.10. The molecule has 0 spiro atoms. The predicted octanol–water partition coefficient (Wildman–Crippen LogP) is 1.88. The molecule has 0 unspecified atom stereocenters. The van der Waals surface area contributed by atoms with Crippen LogP contribution in [-0.2, 0) is 17.1 Å².